The van der Waals surface area contributed by atoms with Crippen molar-refractivity contribution in [1.82, 2.24) is 0 Å². The molecule has 2 aromatic rings. The van der Waals surface area contributed by atoms with Crippen molar-refractivity contribution >= 4 is 21.5 Å². The van der Waals surface area contributed by atoms with Crippen LogP contribution in [0.5, 0.6) is 0 Å². The molecule has 106 valence electrons. The molecule has 6 nitrogen and oxygen atoms in total. The highest BCUT2D eigenvalue weighted by molar-refractivity contribution is 7.90. The van der Waals surface area contributed by atoms with E-state index in [4.69, 9.17) is 9.52 Å². The van der Waals surface area contributed by atoms with Crippen LogP contribution in [0, 0.1) is 0 Å². The van der Waals surface area contributed by atoms with Crippen LogP contribution >= 0.6 is 0 Å². The minimum Gasteiger partial charge on any atom is -0.478 e. The van der Waals surface area contributed by atoms with Gasteiger partial charge in [0.25, 0.3) is 0 Å². The lowest BCUT2D eigenvalue weighted by Crippen LogP contribution is -2.05. The number of nitrogens with one attached hydrogen (secondary N) is 1. The number of benzene rings is 1. The number of sulfone groups is 1. The van der Waals surface area contributed by atoms with Gasteiger partial charge >= 0.3 is 5.97 Å². The van der Waals surface area contributed by atoms with Gasteiger partial charge in [0.15, 0.2) is 9.84 Å². The van der Waals surface area contributed by atoms with E-state index in [2.05, 4.69) is 5.32 Å². The number of carboxylic acids is 1. The maximum Gasteiger partial charge on any atom is 0.339 e. The molecular formula is C13H13NO5S. The number of carbonyl (C=O) groups is 1. The van der Waals surface area contributed by atoms with Crippen LogP contribution in [-0.4, -0.2) is 25.7 Å². The Morgan fingerprint density at radius 3 is 2.45 bits per heavy atom. The van der Waals surface area contributed by atoms with Crippen molar-refractivity contribution in [3.05, 3.63) is 47.9 Å². The summed E-state index contributed by atoms with van der Waals surface area (Å²) < 4.78 is 27.7. The number of rotatable bonds is 5. The molecule has 0 saturated heterocycles. The first-order valence-electron chi connectivity index (χ1n) is 5.71. The van der Waals surface area contributed by atoms with Crippen LogP contribution in [0.3, 0.4) is 0 Å². The molecule has 1 heterocycles. The fourth-order valence-electron chi connectivity index (χ4n) is 1.67. The van der Waals surface area contributed by atoms with Gasteiger partial charge in [-0.05, 0) is 30.3 Å². The normalized spacial score (nSPS) is 11.2. The minimum atomic E-state index is -3.22. The summed E-state index contributed by atoms with van der Waals surface area (Å²) >= 11 is 0. The first kappa shape index (κ1) is 14.1. The third-order valence-corrected chi connectivity index (χ3v) is 3.84. The first-order valence-corrected chi connectivity index (χ1v) is 7.61. The maximum absolute atomic E-state index is 11.3. The molecule has 0 saturated carbocycles. The predicted molar refractivity (Wildman–Crippen MR) is 72.5 cm³/mol. The summed E-state index contributed by atoms with van der Waals surface area (Å²) in [6, 6.07) is 7.57. The molecule has 20 heavy (non-hydrogen) atoms. The van der Waals surface area contributed by atoms with Gasteiger partial charge < -0.3 is 14.8 Å². The van der Waals surface area contributed by atoms with Crippen molar-refractivity contribution in [3.63, 3.8) is 0 Å². The zero-order chi connectivity index (χ0) is 14.8. The number of carboxylic acid groups (broad SMARTS) is 1. The highest BCUT2D eigenvalue weighted by atomic mass is 32.2. The summed E-state index contributed by atoms with van der Waals surface area (Å²) in [4.78, 5) is 11.1. The molecule has 0 spiro atoms. The fourth-order valence-corrected chi connectivity index (χ4v) is 2.30. The van der Waals surface area contributed by atoms with Crippen molar-refractivity contribution < 1.29 is 22.7 Å². The number of aromatic carboxylic acids is 1. The maximum atomic E-state index is 11.3. The Morgan fingerprint density at radius 1 is 1.25 bits per heavy atom. The number of furan rings is 1. The van der Waals surface area contributed by atoms with Crippen LogP contribution in [0.25, 0.3) is 0 Å². The van der Waals surface area contributed by atoms with Crippen LogP contribution in [0.2, 0.25) is 0 Å². The molecule has 0 amide bonds. The predicted octanol–water partition coefficient (Wildman–Crippen LogP) is 1.99. The van der Waals surface area contributed by atoms with E-state index in [0.717, 1.165) is 6.26 Å². The Morgan fingerprint density at radius 2 is 1.90 bits per heavy atom. The average Bonchev–Trinajstić information content (AvgIpc) is 2.84. The van der Waals surface area contributed by atoms with Crippen LogP contribution in [0.1, 0.15) is 16.1 Å². The van der Waals surface area contributed by atoms with E-state index in [-0.39, 0.29) is 17.0 Å². The fraction of sp³-hybridized carbons (Fsp3) is 0.154. The van der Waals surface area contributed by atoms with E-state index in [1.807, 2.05) is 0 Å². The smallest absolute Gasteiger partial charge is 0.339 e. The molecule has 1 aromatic heterocycles. The van der Waals surface area contributed by atoms with Crippen molar-refractivity contribution in [1.29, 1.82) is 0 Å². The third-order valence-electron chi connectivity index (χ3n) is 2.71. The van der Waals surface area contributed by atoms with E-state index >= 15 is 0 Å². The molecule has 0 bridgehead atoms. The van der Waals surface area contributed by atoms with E-state index in [0.29, 0.717) is 11.4 Å². The van der Waals surface area contributed by atoms with Gasteiger partial charge in [-0.15, -0.1) is 0 Å². The van der Waals surface area contributed by atoms with Gasteiger partial charge in [-0.25, -0.2) is 13.2 Å². The molecule has 0 atom stereocenters. The quantitative estimate of drug-likeness (QED) is 0.875. The first-order chi connectivity index (χ1) is 9.38. The van der Waals surface area contributed by atoms with Crippen molar-refractivity contribution in [2.45, 2.75) is 11.4 Å². The molecule has 2 N–H and O–H groups in total. The molecule has 0 aliphatic rings. The molecule has 2 rings (SSSR count). The molecule has 0 unspecified atom stereocenters. The van der Waals surface area contributed by atoms with Crippen LogP contribution < -0.4 is 5.32 Å². The lowest BCUT2D eigenvalue weighted by atomic mass is 10.2. The lowest BCUT2D eigenvalue weighted by Gasteiger charge is -2.06. The molecule has 1 aromatic carbocycles. The van der Waals surface area contributed by atoms with Gasteiger partial charge in [-0.1, -0.05) is 0 Å². The zero-order valence-electron chi connectivity index (χ0n) is 10.7. The monoisotopic (exact) mass is 295 g/mol. The summed E-state index contributed by atoms with van der Waals surface area (Å²) in [6.07, 6.45) is 2.45. The standard InChI is InChI=1S/C13H13NO5S/c1-20(17,18)10-4-2-9(3-5-10)14-8-12-11(13(15)16)6-7-19-12/h2-7,14H,8H2,1H3,(H,15,16). The molecule has 0 aliphatic carbocycles. The second-order valence-electron chi connectivity index (χ2n) is 4.21. The summed E-state index contributed by atoms with van der Waals surface area (Å²) in [5, 5.41) is 11.9. The lowest BCUT2D eigenvalue weighted by molar-refractivity contribution is 0.0694. The largest absolute Gasteiger partial charge is 0.478 e. The second-order valence-corrected chi connectivity index (χ2v) is 6.23. The van der Waals surface area contributed by atoms with Gasteiger partial charge in [0, 0.05) is 11.9 Å². The van der Waals surface area contributed by atoms with Crippen LogP contribution in [-0.2, 0) is 16.4 Å². The van der Waals surface area contributed by atoms with E-state index in [1.165, 1.54) is 24.5 Å². The number of hydrogen-bond donors (Lipinski definition) is 2. The van der Waals surface area contributed by atoms with Crippen molar-refractivity contribution in [3.8, 4) is 0 Å². The summed E-state index contributed by atoms with van der Waals surface area (Å²) in [6.45, 7) is 0.201. The van der Waals surface area contributed by atoms with Crippen molar-refractivity contribution in [2.75, 3.05) is 11.6 Å². The second kappa shape index (κ2) is 5.38. The molecule has 0 radical (unpaired) electrons. The summed E-state index contributed by atoms with van der Waals surface area (Å²) in [7, 11) is -3.22. The van der Waals surface area contributed by atoms with E-state index in [1.54, 1.807) is 12.1 Å². The Labute approximate surface area is 116 Å². The topological polar surface area (TPSA) is 96.6 Å². The van der Waals surface area contributed by atoms with E-state index in [9.17, 15) is 13.2 Å². The van der Waals surface area contributed by atoms with Crippen LogP contribution in [0.15, 0.2) is 45.9 Å². The molecular weight excluding hydrogens is 282 g/mol. The Hall–Kier alpha value is -2.28. The van der Waals surface area contributed by atoms with Gasteiger partial charge in [0.1, 0.15) is 11.3 Å². The van der Waals surface area contributed by atoms with Gasteiger partial charge in [0.05, 0.1) is 17.7 Å². The SMILES string of the molecule is CS(=O)(=O)c1ccc(NCc2occc2C(=O)O)cc1. The van der Waals surface area contributed by atoms with Crippen LogP contribution in [0.4, 0.5) is 5.69 Å². The van der Waals surface area contributed by atoms with Gasteiger partial charge in [-0.3, -0.25) is 0 Å². The van der Waals surface area contributed by atoms with E-state index < -0.39 is 15.8 Å². The highest BCUT2D eigenvalue weighted by Crippen LogP contribution is 2.16. The highest BCUT2D eigenvalue weighted by Gasteiger charge is 2.13. The summed E-state index contributed by atoms with van der Waals surface area (Å²) in [5.41, 5.74) is 0.774. The average molecular weight is 295 g/mol. The number of hydrogen-bond acceptors (Lipinski definition) is 5. The zero-order valence-corrected chi connectivity index (χ0v) is 11.5. The van der Waals surface area contributed by atoms with Gasteiger partial charge in [-0.2, -0.15) is 0 Å². The third kappa shape index (κ3) is 3.18. The Bertz CT molecular complexity index is 715. The van der Waals surface area contributed by atoms with Crippen molar-refractivity contribution in [2.24, 2.45) is 0 Å². The molecule has 0 aliphatic heterocycles. The Balaban J connectivity index is 2.08. The summed E-state index contributed by atoms with van der Waals surface area (Å²) in [5.74, 6) is -0.743. The number of anilines is 1. The molecule has 7 heteroatoms. The Kier molecular flexibility index (Phi) is 3.80. The van der Waals surface area contributed by atoms with Gasteiger partial charge in [0.2, 0.25) is 0 Å². The molecule has 0 fully saturated rings. The minimum absolute atomic E-state index is 0.102.